The number of rotatable bonds is 5. The summed E-state index contributed by atoms with van der Waals surface area (Å²) in [6.07, 6.45) is 8.80. The molecule has 2 aromatic rings. The molecule has 0 radical (unpaired) electrons. The Balaban J connectivity index is 1.48. The van der Waals surface area contributed by atoms with Crippen LogP contribution in [0.25, 0.3) is 11.0 Å². The lowest BCUT2D eigenvalue weighted by molar-refractivity contribution is -0.119. The molecular weight excluding hydrogens is 408 g/mol. The van der Waals surface area contributed by atoms with Gasteiger partial charge in [0.1, 0.15) is 5.03 Å². The van der Waals surface area contributed by atoms with E-state index >= 15 is 0 Å². The van der Waals surface area contributed by atoms with Gasteiger partial charge in [-0.05, 0) is 38.8 Å². The number of hydrogen-bond donors (Lipinski definition) is 1. The molecule has 31 heavy (non-hydrogen) atoms. The molecule has 1 aliphatic carbocycles. The minimum absolute atomic E-state index is 0.0974. The molecule has 7 heteroatoms. The van der Waals surface area contributed by atoms with Gasteiger partial charge in [0.05, 0.1) is 29.0 Å². The number of carbonyl (C=O) groups excluding carboxylic acids is 1. The number of morpholine rings is 1. The smallest absolute Gasteiger partial charge is 0.230 e. The third-order valence-corrected chi connectivity index (χ3v) is 7.00. The van der Waals surface area contributed by atoms with Crippen LogP contribution in [0.4, 0.5) is 5.82 Å². The van der Waals surface area contributed by atoms with E-state index in [1.807, 2.05) is 24.3 Å². The van der Waals surface area contributed by atoms with E-state index in [0.29, 0.717) is 11.8 Å². The van der Waals surface area contributed by atoms with Crippen molar-refractivity contribution in [2.45, 2.75) is 82.1 Å². The highest BCUT2D eigenvalue weighted by molar-refractivity contribution is 8.00. The van der Waals surface area contributed by atoms with Crippen molar-refractivity contribution in [1.82, 2.24) is 15.3 Å². The van der Waals surface area contributed by atoms with Crippen molar-refractivity contribution in [2.24, 2.45) is 0 Å². The van der Waals surface area contributed by atoms with Crippen LogP contribution in [0.15, 0.2) is 29.3 Å². The molecule has 0 spiro atoms. The number of nitrogens with one attached hydrogen (secondary N) is 1. The van der Waals surface area contributed by atoms with E-state index < -0.39 is 0 Å². The fourth-order valence-electron chi connectivity index (χ4n) is 4.63. The van der Waals surface area contributed by atoms with Crippen LogP contribution >= 0.6 is 11.8 Å². The molecule has 2 fully saturated rings. The number of para-hydroxylation sites is 2. The standard InChI is InChI=1S/C24H34N4O2S/c1-17-14-28(15-18(2)30-17)23-24(27-21-13-9-8-12-20(21)26-23)31-16-22(29)25-19-10-6-4-3-5-7-11-19/h8-9,12-13,17-19H,3-7,10-11,14-16H2,1-2H3,(H,25,29)/t17-,18+. The average Bonchev–Trinajstić information content (AvgIpc) is 2.72. The minimum Gasteiger partial charge on any atom is -0.372 e. The first kappa shape index (κ1) is 22.3. The lowest BCUT2D eigenvalue weighted by atomic mass is 9.97. The normalized spacial score (nSPS) is 23.4. The number of ether oxygens (including phenoxy) is 1. The number of fused-ring (bicyclic) bond motifs is 1. The molecule has 1 amide bonds. The largest absolute Gasteiger partial charge is 0.372 e. The molecule has 168 valence electrons. The molecule has 0 unspecified atom stereocenters. The first-order chi connectivity index (χ1) is 15.1. The molecule has 1 saturated carbocycles. The maximum Gasteiger partial charge on any atom is 0.230 e. The quantitative estimate of drug-likeness (QED) is 0.685. The molecular formula is C24H34N4O2S. The van der Waals surface area contributed by atoms with Gasteiger partial charge in [0.15, 0.2) is 5.82 Å². The molecule has 6 nitrogen and oxygen atoms in total. The van der Waals surface area contributed by atoms with Crippen molar-refractivity contribution < 1.29 is 9.53 Å². The van der Waals surface area contributed by atoms with Gasteiger partial charge in [0.2, 0.25) is 5.91 Å². The minimum atomic E-state index is 0.0974. The van der Waals surface area contributed by atoms with Crippen molar-refractivity contribution in [3.63, 3.8) is 0 Å². The Morgan fingerprint density at radius 1 is 1.03 bits per heavy atom. The topological polar surface area (TPSA) is 67.4 Å². The van der Waals surface area contributed by atoms with Crippen molar-refractivity contribution in [3.05, 3.63) is 24.3 Å². The predicted octanol–water partition coefficient (Wildman–Crippen LogP) is 4.56. The summed E-state index contributed by atoms with van der Waals surface area (Å²) >= 11 is 1.50. The van der Waals surface area contributed by atoms with Crippen LogP contribution in [0.3, 0.4) is 0 Å². The Labute approximate surface area is 189 Å². The molecule has 2 aliphatic rings. The number of nitrogens with zero attached hydrogens (tertiary/aromatic N) is 3. The van der Waals surface area contributed by atoms with E-state index in [0.717, 1.165) is 47.8 Å². The molecule has 2 atom stereocenters. The lowest BCUT2D eigenvalue weighted by Gasteiger charge is -2.36. The van der Waals surface area contributed by atoms with Gasteiger partial charge >= 0.3 is 0 Å². The second-order valence-corrected chi connectivity index (χ2v) is 9.87. The van der Waals surface area contributed by atoms with Gasteiger partial charge in [-0.1, -0.05) is 56.0 Å². The second-order valence-electron chi connectivity index (χ2n) is 8.90. The summed E-state index contributed by atoms with van der Waals surface area (Å²) in [4.78, 5) is 24.8. The van der Waals surface area contributed by atoms with Gasteiger partial charge in [0.25, 0.3) is 0 Å². The summed E-state index contributed by atoms with van der Waals surface area (Å²) in [5.74, 6) is 1.33. The third-order valence-electron chi connectivity index (χ3n) is 6.05. The number of aromatic nitrogens is 2. The van der Waals surface area contributed by atoms with E-state index in [1.165, 1.54) is 43.9 Å². The van der Waals surface area contributed by atoms with Crippen molar-refractivity contribution in [1.29, 1.82) is 0 Å². The molecule has 2 heterocycles. The maximum atomic E-state index is 12.7. The molecule has 1 N–H and O–H groups in total. The van der Waals surface area contributed by atoms with Gasteiger partial charge < -0.3 is 15.0 Å². The lowest BCUT2D eigenvalue weighted by Crippen LogP contribution is -2.46. The van der Waals surface area contributed by atoms with E-state index in [9.17, 15) is 4.79 Å². The van der Waals surface area contributed by atoms with Crippen LogP contribution in [-0.4, -0.2) is 53.0 Å². The number of anilines is 1. The fraction of sp³-hybridized carbons (Fsp3) is 0.625. The Hall–Kier alpha value is -1.86. The SMILES string of the molecule is C[C@@H]1CN(c2nc3ccccc3nc2SCC(=O)NC2CCCCCCC2)C[C@H](C)O1. The zero-order valence-corrected chi connectivity index (χ0v) is 19.5. The number of hydrogen-bond acceptors (Lipinski definition) is 6. The monoisotopic (exact) mass is 442 g/mol. The van der Waals surface area contributed by atoms with Crippen molar-refractivity contribution in [3.8, 4) is 0 Å². The molecule has 4 rings (SSSR count). The highest BCUT2D eigenvalue weighted by Crippen LogP contribution is 2.31. The third kappa shape index (κ3) is 6.10. The van der Waals surface area contributed by atoms with Gasteiger partial charge in [-0.25, -0.2) is 9.97 Å². The van der Waals surface area contributed by atoms with E-state index in [4.69, 9.17) is 14.7 Å². The first-order valence-corrected chi connectivity index (χ1v) is 12.7. The summed E-state index contributed by atoms with van der Waals surface area (Å²) in [6, 6.07) is 8.26. The van der Waals surface area contributed by atoms with Crippen LogP contribution in [-0.2, 0) is 9.53 Å². The van der Waals surface area contributed by atoms with Gasteiger partial charge in [-0.15, -0.1) is 0 Å². The van der Waals surface area contributed by atoms with Crippen molar-refractivity contribution in [2.75, 3.05) is 23.7 Å². The fourth-order valence-corrected chi connectivity index (χ4v) is 5.45. The Morgan fingerprint density at radius 3 is 2.32 bits per heavy atom. The predicted molar refractivity (Wildman–Crippen MR) is 127 cm³/mol. The molecule has 1 aromatic carbocycles. The van der Waals surface area contributed by atoms with E-state index in [1.54, 1.807) is 0 Å². The van der Waals surface area contributed by atoms with Crippen LogP contribution in [0.1, 0.15) is 58.8 Å². The highest BCUT2D eigenvalue weighted by Gasteiger charge is 2.26. The second kappa shape index (κ2) is 10.6. The zero-order chi connectivity index (χ0) is 21.6. The van der Waals surface area contributed by atoms with Crippen LogP contribution in [0.2, 0.25) is 0 Å². The molecule has 1 saturated heterocycles. The number of amides is 1. The summed E-state index contributed by atoms with van der Waals surface area (Å²) < 4.78 is 5.91. The van der Waals surface area contributed by atoms with Crippen LogP contribution in [0, 0.1) is 0 Å². The number of carbonyl (C=O) groups is 1. The van der Waals surface area contributed by atoms with Gasteiger partial charge in [-0.2, -0.15) is 0 Å². The van der Waals surface area contributed by atoms with Crippen LogP contribution in [0.5, 0.6) is 0 Å². The zero-order valence-electron chi connectivity index (χ0n) is 18.7. The highest BCUT2D eigenvalue weighted by atomic mass is 32.2. The van der Waals surface area contributed by atoms with Crippen molar-refractivity contribution >= 4 is 34.5 Å². The summed E-state index contributed by atoms with van der Waals surface area (Å²) in [5, 5.41) is 4.09. The summed E-state index contributed by atoms with van der Waals surface area (Å²) in [5.41, 5.74) is 1.75. The first-order valence-electron chi connectivity index (χ1n) is 11.7. The number of benzene rings is 1. The number of thioether (sulfide) groups is 1. The Kier molecular flexibility index (Phi) is 7.67. The summed E-state index contributed by atoms with van der Waals surface area (Å²) in [7, 11) is 0. The average molecular weight is 443 g/mol. The molecule has 0 bridgehead atoms. The maximum absolute atomic E-state index is 12.7. The molecule has 1 aromatic heterocycles. The Bertz CT molecular complexity index is 875. The van der Waals surface area contributed by atoms with E-state index in [-0.39, 0.29) is 18.1 Å². The van der Waals surface area contributed by atoms with Gasteiger partial charge in [0, 0.05) is 19.1 Å². The van der Waals surface area contributed by atoms with E-state index in [2.05, 4.69) is 24.1 Å². The molecule has 1 aliphatic heterocycles. The van der Waals surface area contributed by atoms with Gasteiger partial charge in [-0.3, -0.25) is 4.79 Å². The van der Waals surface area contributed by atoms with Crippen LogP contribution < -0.4 is 10.2 Å². The Morgan fingerprint density at radius 2 is 1.65 bits per heavy atom. The summed E-state index contributed by atoms with van der Waals surface area (Å²) in [6.45, 7) is 5.73.